The van der Waals surface area contributed by atoms with Gasteiger partial charge in [-0.05, 0) is 5.56 Å². The van der Waals surface area contributed by atoms with Gasteiger partial charge in [-0.2, -0.15) is 5.10 Å². The monoisotopic (exact) mass is 328 g/mol. The molecule has 23 heavy (non-hydrogen) atoms. The summed E-state index contributed by atoms with van der Waals surface area (Å²) in [5, 5.41) is 8.08. The Hall–Kier alpha value is -2.54. The summed E-state index contributed by atoms with van der Waals surface area (Å²) in [5.74, 6) is -0.284. The molecule has 7 heteroatoms. The van der Waals surface area contributed by atoms with E-state index in [0.29, 0.717) is 30.2 Å². The highest BCUT2D eigenvalue weighted by molar-refractivity contribution is 7.13. The number of aromatic nitrogens is 1. The van der Waals surface area contributed by atoms with Crippen LogP contribution >= 0.6 is 11.3 Å². The molecule has 0 radical (unpaired) electrons. The number of benzene rings is 1. The minimum Gasteiger partial charge on any atom is -0.286 e. The van der Waals surface area contributed by atoms with Crippen LogP contribution in [0.1, 0.15) is 18.4 Å². The first-order valence-electron chi connectivity index (χ1n) is 7.24. The van der Waals surface area contributed by atoms with Crippen LogP contribution in [0.4, 0.5) is 5.13 Å². The van der Waals surface area contributed by atoms with Crippen LogP contribution in [-0.2, 0) is 16.1 Å². The first-order chi connectivity index (χ1) is 11.1. The molecule has 2 amide bonds. The zero-order chi connectivity index (χ0) is 16.2. The van der Waals surface area contributed by atoms with Gasteiger partial charge in [0.05, 0.1) is 6.54 Å². The van der Waals surface area contributed by atoms with Crippen LogP contribution in [0.3, 0.4) is 0 Å². The van der Waals surface area contributed by atoms with Gasteiger partial charge >= 0.3 is 0 Å². The molecular formula is C16H16N4O2S. The van der Waals surface area contributed by atoms with Gasteiger partial charge in [0.15, 0.2) is 5.13 Å². The van der Waals surface area contributed by atoms with Crippen LogP contribution in [0.2, 0.25) is 0 Å². The van der Waals surface area contributed by atoms with Crippen LogP contribution in [0, 0.1) is 0 Å². The Morgan fingerprint density at radius 3 is 2.78 bits per heavy atom. The number of anilines is 1. The maximum Gasteiger partial charge on any atom is 0.276 e. The van der Waals surface area contributed by atoms with Gasteiger partial charge in [-0.3, -0.25) is 14.5 Å². The fourth-order valence-corrected chi connectivity index (χ4v) is 2.90. The quantitative estimate of drug-likeness (QED) is 0.865. The summed E-state index contributed by atoms with van der Waals surface area (Å²) in [4.78, 5) is 30.2. The Morgan fingerprint density at radius 1 is 1.30 bits per heavy atom. The zero-order valence-corrected chi connectivity index (χ0v) is 13.5. The molecule has 1 aliphatic heterocycles. The Morgan fingerprint density at radius 2 is 2.09 bits per heavy atom. The van der Waals surface area contributed by atoms with E-state index < -0.39 is 0 Å². The highest BCUT2D eigenvalue weighted by atomic mass is 32.1. The highest BCUT2D eigenvalue weighted by Crippen LogP contribution is 2.19. The maximum absolute atomic E-state index is 12.5. The van der Waals surface area contributed by atoms with Crippen LogP contribution in [0.15, 0.2) is 47.0 Å². The molecule has 2 heterocycles. The average molecular weight is 328 g/mol. The van der Waals surface area contributed by atoms with Crippen molar-refractivity contribution in [3.05, 3.63) is 47.5 Å². The van der Waals surface area contributed by atoms with Crippen molar-refractivity contribution in [1.82, 2.24) is 9.99 Å². The number of hydrogen-bond acceptors (Lipinski definition) is 5. The van der Waals surface area contributed by atoms with Crippen LogP contribution in [0.25, 0.3) is 0 Å². The zero-order valence-electron chi connectivity index (χ0n) is 12.7. The van der Waals surface area contributed by atoms with Crippen molar-refractivity contribution in [2.75, 3.05) is 11.9 Å². The number of carbonyl (C=O) groups is 2. The molecule has 1 aliphatic rings. The summed E-state index contributed by atoms with van der Waals surface area (Å²) in [7, 11) is 1.67. The summed E-state index contributed by atoms with van der Waals surface area (Å²) in [6, 6.07) is 9.61. The molecule has 0 N–H and O–H groups in total. The molecule has 1 aromatic heterocycles. The fraction of sp³-hybridized carbons (Fsp3) is 0.250. The highest BCUT2D eigenvalue weighted by Gasteiger charge is 2.27. The van der Waals surface area contributed by atoms with Gasteiger partial charge < -0.3 is 0 Å². The van der Waals surface area contributed by atoms with Crippen LogP contribution < -0.4 is 4.90 Å². The van der Waals surface area contributed by atoms with E-state index in [4.69, 9.17) is 0 Å². The smallest absolute Gasteiger partial charge is 0.276 e. The molecule has 6 nitrogen and oxygen atoms in total. The van der Waals surface area contributed by atoms with E-state index in [1.54, 1.807) is 13.2 Å². The summed E-state index contributed by atoms with van der Waals surface area (Å²) in [6.07, 6.45) is 2.31. The molecule has 0 unspecified atom stereocenters. The third-order valence-electron chi connectivity index (χ3n) is 3.54. The lowest BCUT2D eigenvalue weighted by Gasteiger charge is -2.24. The van der Waals surface area contributed by atoms with Crippen molar-refractivity contribution in [3.8, 4) is 0 Å². The topological polar surface area (TPSA) is 65.9 Å². The minimum atomic E-state index is -0.217. The molecule has 0 saturated carbocycles. The lowest BCUT2D eigenvalue weighted by molar-refractivity contribution is -0.132. The van der Waals surface area contributed by atoms with Gasteiger partial charge in [0.1, 0.15) is 5.71 Å². The lowest BCUT2D eigenvalue weighted by Crippen LogP contribution is -2.39. The van der Waals surface area contributed by atoms with Gasteiger partial charge in [0.2, 0.25) is 5.91 Å². The molecule has 118 valence electrons. The van der Waals surface area contributed by atoms with Gasteiger partial charge in [0, 0.05) is 31.5 Å². The predicted molar refractivity (Wildman–Crippen MR) is 89.2 cm³/mol. The first kappa shape index (κ1) is 15.4. The van der Waals surface area contributed by atoms with Crippen molar-refractivity contribution in [1.29, 1.82) is 0 Å². The Balaban J connectivity index is 1.78. The van der Waals surface area contributed by atoms with Crippen molar-refractivity contribution in [2.24, 2.45) is 5.10 Å². The minimum absolute atomic E-state index is 0.0673. The van der Waals surface area contributed by atoms with E-state index in [9.17, 15) is 9.59 Å². The summed E-state index contributed by atoms with van der Waals surface area (Å²) >= 11 is 1.39. The summed E-state index contributed by atoms with van der Waals surface area (Å²) in [5.41, 5.74) is 1.37. The van der Waals surface area contributed by atoms with E-state index in [0.717, 1.165) is 5.56 Å². The number of carbonyl (C=O) groups excluding carboxylic acids is 2. The maximum atomic E-state index is 12.5. The second-order valence-electron chi connectivity index (χ2n) is 5.16. The molecule has 0 bridgehead atoms. The molecule has 0 saturated heterocycles. The third-order valence-corrected chi connectivity index (χ3v) is 4.39. The SMILES string of the molecule is CN(C(=O)C1=NN(Cc2ccccc2)C(=O)CC1)c1nccs1. The molecule has 1 aromatic carbocycles. The normalized spacial score (nSPS) is 14.6. The Bertz CT molecular complexity index is 728. The third kappa shape index (κ3) is 3.45. The number of rotatable bonds is 4. The molecule has 0 aliphatic carbocycles. The van der Waals surface area contributed by atoms with Crippen molar-refractivity contribution in [3.63, 3.8) is 0 Å². The molecule has 2 aromatic rings. The van der Waals surface area contributed by atoms with Crippen molar-refractivity contribution in [2.45, 2.75) is 19.4 Å². The number of hydrogen-bond donors (Lipinski definition) is 0. The number of hydrazone groups is 1. The van der Waals surface area contributed by atoms with E-state index in [1.165, 1.54) is 21.2 Å². The van der Waals surface area contributed by atoms with Crippen molar-refractivity contribution >= 4 is 34.0 Å². The standard InChI is InChI=1S/C16H16N4O2S/c1-19(16-17-9-10-23-16)15(22)13-7-8-14(21)20(18-13)11-12-5-3-2-4-6-12/h2-6,9-10H,7-8,11H2,1H3. The molecule has 0 atom stereocenters. The van der Waals surface area contributed by atoms with E-state index in [-0.39, 0.29) is 11.8 Å². The first-order valence-corrected chi connectivity index (χ1v) is 8.12. The van der Waals surface area contributed by atoms with Gasteiger partial charge in [-0.25, -0.2) is 9.99 Å². The predicted octanol–water partition coefficient (Wildman–Crippen LogP) is 2.28. The number of amides is 2. The van der Waals surface area contributed by atoms with E-state index in [1.807, 2.05) is 35.7 Å². The van der Waals surface area contributed by atoms with Crippen molar-refractivity contribution < 1.29 is 9.59 Å². The van der Waals surface area contributed by atoms with E-state index >= 15 is 0 Å². The van der Waals surface area contributed by atoms with Gasteiger partial charge in [-0.15, -0.1) is 11.3 Å². The average Bonchev–Trinajstić information content (AvgIpc) is 3.11. The van der Waals surface area contributed by atoms with Gasteiger partial charge in [0.25, 0.3) is 5.91 Å². The molecule has 3 rings (SSSR count). The van der Waals surface area contributed by atoms with Crippen LogP contribution in [0.5, 0.6) is 0 Å². The van der Waals surface area contributed by atoms with Gasteiger partial charge in [-0.1, -0.05) is 30.3 Å². The number of thiazole rings is 1. The Kier molecular flexibility index (Phi) is 4.47. The largest absolute Gasteiger partial charge is 0.286 e. The number of nitrogens with zero attached hydrogens (tertiary/aromatic N) is 4. The second-order valence-corrected chi connectivity index (χ2v) is 6.04. The van der Waals surface area contributed by atoms with Crippen LogP contribution in [-0.4, -0.2) is 34.6 Å². The molecular weight excluding hydrogens is 312 g/mol. The van der Waals surface area contributed by atoms with E-state index in [2.05, 4.69) is 10.1 Å². The second kappa shape index (κ2) is 6.70. The summed E-state index contributed by atoms with van der Waals surface area (Å²) in [6.45, 7) is 0.372. The molecule has 0 spiro atoms. The Labute approximate surface area is 138 Å². The lowest BCUT2D eigenvalue weighted by atomic mass is 10.1. The fourth-order valence-electron chi connectivity index (χ4n) is 2.30. The summed E-state index contributed by atoms with van der Waals surface area (Å²) < 4.78 is 0. The molecule has 0 fully saturated rings.